The number of aliphatic hydroxyl groups is 1. The maximum atomic E-state index is 9.81. The van der Waals surface area contributed by atoms with Crippen LogP contribution in [0, 0.1) is 0 Å². The summed E-state index contributed by atoms with van der Waals surface area (Å²) in [4.78, 5) is 2.41. The monoisotopic (exact) mass is 200 g/mol. The Morgan fingerprint density at radius 2 is 2.36 bits per heavy atom. The smallest absolute Gasteiger partial charge is 0.0831 e. The van der Waals surface area contributed by atoms with Gasteiger partial charge in [-0.15, -0.1) is 0 Å². The molecule has 2 aliphatic rings. The number of rotatable bonds is 2. The van der Waals surface area contributed by atoms with Crippen molar-refractivity contribution < 1.29 is 9.84 Å². The van der Waals surface area contributed by atoms with Crippen LogP contribution in [0.2, 0.25) is 0 Å². The summed E-state index contributed by atoms with van der Waals surface area (Å²) in [5, 5.41) is 13.0. The lowest BCUT2D eigenvalue weighted by Crippen LogP contribution is -2.54. The SMILES string of the molecule is CCC1COCCN1[C@@H]1CNC[C@H]1O. The molecule has 4 nitrogen and oxygen atoms in total. The summed E-state index contributed by atoms with van der Waals surface area (Å²) in [6.45, 7) is 6.42. The fourth-order valence-corrected chi connectivity index (χ4v) is 2.45. The minimum Gasteiger partial charge on any atom is -0.390 e. The highest BCUT2D eigenvalue weighted by Gasteiger charge is 2.35. The molecule has 2 aliphatic heterocycles. The third-order valence-electron chi connectivity index (χ3n) is 3.32. The Kier molecular flexibility index (Phi) is 3.38. The van der Waals surface area contributed by atoms with Crippen molar-refractivity contribution >= 4 is 0 Å². The molecule has 2 heterocycles. The van der Waals surface area contributed by atoms with Crippen molar-refractivity contribution in [2.24, 2.45) is 0 Å². The van der Waals surface area contributed by atoms with Crippen LogP contribution < -0.4 is 5.32 Å². The minimum absolute atomic E-state index is 0.206. The van der Waals surface area contributed by atoms with Crippen LogP contribution in [-0.2, 0) is 4.74 Å². The van der Waals surface area contributed by atoms with E-state index in [0.29, 0.717) is 12.1 Å². The van der Waals surface area contributed by atoms with E-state index in [-0.39, 0.29) is 6.10 Å². The van der Waals surface area contributed by atoms with Gasteiger partial charge in [-0.25, -0.2) is 0 Å². The predicted molar refractivity (Wildman–Crippen MR) is 54.3 cm³/mol. The maximum absolute atomic E-state index is 9.81. The Balaban J connectivity index is 1.99. The van der Waals surface area contributed by atoms with Crippen molar-refractivity contribution in [2.75, 3.05) is 32.8 Å². The van der Waals surface area contributed by atoms with Gasteiger partial charge in [-0.3, -0.25) is 4.90 Å². The summed E-state index contributed by atoms with van der Waals surface area (Å²) in [5.41, 5.74) is 0. The van der Waals surface area contributed by atoms with Crippen molar-refractivity contribution in [3.05, 3.63) is 0 Å². The van der Waals surface area contributed by atoms with Crippen molar-refractivity contribution in [1.82, 2.24) is 10.2 Å². The summed E-state index contributed by atoms with van der Waals surface area (Å²) in [6.07, 6.45) is 0.894. The van der Waals surface area contributed by atoms with Gasteiger partial charge >= 0.3 is 0 Å². The van der Waals surface area contributed by atoms with E-state index in [0.717, 1.165) is 39.3 Å². The fourth-order valence-electron chi connectivity index (χ4n) is 2.45. The molecule has 82 valence electrons. The van der Waals surface area contributed by atoms with Crippen LogP contribution in [0.3, 0.4) is 0 Å². The lowest BCUT2D eigenvalue weighted by molar-refractivity contribution is -0.0473. The molecular formula is C10H20N2O2. The Labute approximate surface area is 85.2 Å². The highest BCUT2D eigenvalue weighted by molar-refractivity contribution is 4.92. The van der Waals surface area contributed by atoms with Gasteiger partial charge in [0.2, 0.25) is 0 Å². The van der Waals surface area contributed by atoms with Gasteiger partial charge in [0, 0.05) is 31.7 Å². The summed E-state index contributed by atoms with van der Waals surface area (Å²) < 4.78 is 5.45. The first-order valence-corrected chi connectivity index (χ1v) is 5.55. The number of hydrogen-bond acceptors (Lipinski definition) is 4. The molecular weight excluding hydrogens is 180 g/mol. The second-order valence-corrected chi connectivity index (χ2v) is 4.17. The quantitative estimate of drug-likeness (QED) is 0.626. The van der Waals surface area contributed by atoms with Crippen molar-refractivity contribution in [3.8, 4) is 0 Å². The molecule has 0 aromatic rings. The second kappa shape index (κ2) is 4.57. The van der Waals surface area contributed by atoms with Crippen LogP contribution in [0.5, 0.6) is 0 Å². The summed E-state index contributed by atoms with van der Waals surface area (Å²) >= 11 is 0. The van der Waals surface area contributed by atoms with Crippen molar-refractivity contribution in [3.63, 3.8) is 0 Å². The van der Waals surface area contributed by atoms with E-state index in [4.69, 9.17) is 4.74 Å². The van der Waals surface area contributed by atoms with E-state index in [1.54, 1.807) is 0 Å². The lowest BCUT2D eigenvalue weighted by Gasteiger charge is -2.40. The predicted octanol–water partition coefficient (Wildman–Crippen LogP) is -0.570. The van der Waals surface area contributed by atoms with Gasteiger partial charge in [-0.2, -0.15) is 0 Å². The van der Waals surface area contributed by atoms with E-state index < -0.39 is 0 Å². The Hall–Kier alpha value is -0.160. The van der Waals surface area contributed by atoms with Gasteiger partial charge in [0.05, 0.1) is 19.3 Å². The summed E-state index contributed by atoms with van der Waals surface area (Å²) in [5.74, 6) is 0. The van der Waals surface area contributed by atoms with Crippen LogP contribution in [-0.4, -0.2) is 61.0 Å². The molecule has 0 amide bonds. The highest BCUT2D eigenvalue weighted by Crippen LogP contribution is 2.18. The number of hydrogen-bond donors (Lipinski definition) is 2. The van der Waals surface area contributed by atoms with Gasteiger partial charge in [-0.1, -0.05) is 6.92 Å². The number of ether oxygens (including phenoxy) is 1. The van der Waals surface area contributed by atoms with Crippen LogP contribution in [0.25, 0.3) is 0 Å². The topological polar surface area (TPSA) is 44.7 Å². The van der Waals surface area contributed by atoms with Gasteiger partial charge in [-0.05, 0) is 6.42 Å². The first-order valence-electron chi connectivity index (χ1n) is 5.55. The molecule has 0 spiro atoms. The second-order valence-electron chi connectivity index (χ2n) is 4.17. The fraction of sp³-hybridized carbons (Fsp3) is 1.00. The minimum atomic E-state index is -0.206. The number of aliphatic hydroxyl groups excluding tert-OH is 1. The van der Waals surface area contributed by atoms with Gasteiger partial charge in [0.15, 0.2) is 0 Å². The molecule has 3 atom stereocenters. The molecule has 2 N–H and O–H groups in total. The van der Waals surface area contributed by atoms with Crippen LogP contribution in [0.1, 0.15) is 13.3 Å². The van der Waals surface area contributed by atoms with Gasteiger partial charge in [0.1, 0.15) is 0 Å². The van der Waals surface area contributed by atoms with Crippen LogP contribution in [0.15, 0.2) is 0 Å². The van der Waals surface area contributed by atoms with E-state index in [9.17, 15) is 5.11 Å². The largest absolute Gasteiger partial charge is 0.390 e. The summed E-state index contributed by atoms with van der Waals surface area (Å²) in [7, 11) is 0. The molecule has 2 fully saturated rings. The molecule has 2 rings (SSSR count). The molecule has 0 radical (unpaired) electrons. The molecule has 0 aromatic heterocycles. The molecule has 0 aliphatic carbocycles. The van der Waals surface area contributed by atoms with Crippen LogP contribution >= 0.6 is 0 Å². The average Bonchev–Trinajstić information content (AvgIpc) is 2.64. The zero-order valence-electron chi connectivity index (χ0n) is 8.78. The molecule has 2 saturated heterocycles. The van der Waals surface area contributed by atoms with E-state index in [2.05, 4.69) is 17.1 Å². The number of morpholine rings is 1. The third-order valence-corrected chi connectivity index (χ3v) is 3.32. The number of nitrogens with one attached hydrogen (secondary N) is 1. The van der Waals surface area contributed by atoms with E-state index in [1.807, 2.05) is 0 Å². The number of nitrogens with zero attached hydrogens (tertiary/aromatic N) is 1. The van der Waals surface area contributed by atoms with Gasteiger partial charge < -0.3 is 15.2 Å². The molecule has 0 aromatic carbocycles. The Morgan fingerprint density at radius 1 is 1.50 bits per heavy atom. The van der Waals surface area contributed by atoms with Crippen molar-refractivity contribution in [1.29, 1.82) is 0 Å². The molecule has 0 saturated carbocycles. The normalized spacial score (nSPS) is 40.3. The average molecular weight is 200 g/mol. The first-order chi connectivity index (χ1) is 6.83. The molecule has 4 heteroatoms. The molecule has 1 unspecified atom stereocenters. The first kappa shape index (κ1) is 10.4. The van der Waals surface area contributed by atoms with Crippen LogP contribution in [0.4, 0.5) is 0 Å². The summed E-state index contributed by atoms with van der Waals surface area (Å²) in [6, 6.07) is 0.784. The van der Waals surface area contributed by atoms with E-state index >= 15 is 0 Å². The standard InChI is InChI=1S/C10H20N2O2/c1-2-8-7-14-4-3-12(8)9-5-11-6-10(9)13/h8-11,13H,2-7H2,1H3/t8?,9-,10-/m1/s1. The highest BCUT2D eigenvalue weighted by atomic mass is 16.5. The molecule has 0 bridgehead atoms. The third kappa shape index (κ3) is 1.93. The van der Waals surface area contributed by atoms with Crippen molar-refractivity contribution in [2.45, 2.75) is 31.5 Å². The maximum Gasteiger partial charge on any atom is 0.0831 e. The van der Waals surface area contributed by atoms with E-state index in [1.165, 1.54) is 0 Å². The Bertz CT molecular complexity index is 189. The zero-order chi connectivity index (χ0) is 9.97. The molecule has 14 heavy (non-hydrogen) atoms. The zero-order valence-corrected chi connectivity index (χ0v) is 8.78. The Morgan fingerprint density at radius 3 is 3.00 bits per heavy atom. The number of β-amino-alcohol motifs (C(OH)–C–C–N with tert-alkyl or cyclic N) is 1. The van der Waals surface area contributed by atoms with Gasteiger partial charge in [0.25, 0.3) is 0 Å². The lowest BCUT2D eigenvalue weighted by atomic mass is 10.1.